The van der Waals surface area contributed by atoms with Crippen LogP contribution in [0.25, 0.3) is 0 Å². The van der Waals surface area contributed by atoms with E-state index < -0.39 is 0 Å². The molecule has 0 aliphatic heterocycles. The molecule has 0 heterocycles. The van der Waals surface area contributed by atoms with E-state index in [2.05, 4.69) is 4.99 Å². The number of nitrogens with two attached hydrogens (primary N) is 1. The van der Waals surface area contributed by atoms with Crippen molar-refractivity contribution in [3.05, 3.63) is 46.2 Å². The second-order valence-corrected chi connectivity index (χ2v) is 3.24. The Bertz CT molecular complexity index is 532. The highest BCUT2D eigenvalue weighted by Crippen LogP contribution is 2.09. The minimum Gasteiger partial charge on any atom is -0.388 e. The molecular weight excluding hydrogens is 224 g/mol. The van der Waals surface area contributed by atoms with E-state index in [0.717, 1.165) is 5.56 Å². The second-order valence-electron chi connectivity index (χ2n) is 2.80. The van der Waals surface area contributed by atoms with Crippen molar-refractivity contribution >= 4 is 17.8 Å². The number of halogens is 1. The molecular formula is C11H7ClN4. The van der Waals surface area contributed by atoms with Crippen LogP contribution in [0.15, 0.2) is 40.7 Å². The van der Waals surface area contributed by atoms with Crippen LogP contribution in [-0.4, -0.2) is 6.21 Å². The van der Waals surface area contributed by atoms with Crippen molar-refractivity contribution in [1.29, 1.82) is 10.5 Å². The van der Waals surface area contributed by atoms with Gasteiger partial charge < -0.3 is 5.73 Å². The van der Waals surface area contributed by atoms with E-state index >= 15 is 0 Å². The van der Waals surface area contributed by atoms with Gasteiger partial charge in [0.2, 0.25) is 0 Å². The lowest BCUT2D eigenvalue weighted by molar-refractivity contribution is 1.27. The second kappa shape index (κ2) is 5.55. The molecule has 0 amide bonds. The number of rotatable bonds is 2. The maximum atomic E-state index is 8.68. The van der Waals surface area contributed by atoms with Crippen molar-refractivity contribution in [3.63, 3.8) is 0 Å². The van der Waals surface area contributed by atoms with Crippen LogP contribution in [0.4, 0.5) is 0 Å². The predicted molar refractivity (Wildman–Crippen MR) is 61.5 cm³/mol. The van der Waals surface area contributed by atoms with E-state index in [1.54, 1.807) is 36.4 Å². The standard InChI is InChI=1S/C11H7ClN4/c12-9-3-1-2-8(4-9)7-16-11(6-14)10(15)5-13/h1-4,7H,15H2/b11-10+,16-7?. The molecule has 5 heteroatoms. The molecule has 0 saturated carbocycles. The molecule has 1 aromatic carbocycles. The quantitative estimate of drug-likeness (QED) is 0.623. The van der Waals surface area contributed by atoms with Crippen LogP contribution in [0.3, 0.4) is 0 Å². The summed E-state index contributed by atoms with van der Waals surface area (Å²) in [5, 5.41) is 17.7. The van der Waals surface area contributed by atoms with Crippen molar-refractivity contribution < 1.29 is 0 Å². The lowest BCUT2D eigenvalue weighted by atomic mass is 10.2. The number of allylic oxidation sites excluding steroid dienone is 2. The van der Waals surface area contributed by atoms with Crippen molar-refractivity contribution in [1.82, 2.24) is 0 Å². The summed E-state index contributed by atoms with van der Waals surface area (Å²) >= 11 is 5.77. The molecule has 0 saturated heterocycles. The molecule has 16 heavy (non-hydrogen) atoms. The van der Waals surface area contributed by atoms with Gasteiger partial charge in [0.05, 0.1) is 0 Å². The molecule has 1 rings (SSSR count). The lowest BCUT2D eigenvalue weighted by Gasteiger charge is -1.94. The summed E-state index contributed by atoms with van der Waals surface area (Å²) in [6.45, 7) is 0. The molecule has 2 N–H and O–H groups in total. The molecule has 1 aromatic rings. The van der Waals surface area contributed by atoms with Gasteiger partial charge in [0.15, 0.2) is 5.70 Å². The van der Waals surface area contributed by atoms with Gasteiger partial charge in [-0.3, -0.25) is 0 Å². The first-order valence-electron chi connectivity index (χ1n) is 4.27. The minimum absolute atomic E-state index is 0.109. The predicted octanol–water partition coefficient (Wildman–Crippen LogP) is 1.98. The van der Waals surface area contributed by atoms with Crippen LogP contribution in [-0.2, 0) is 0 Å². The fourth-order valence-electron chi connectivity index (χ4n) is 0.938. The normalized spacial score (nSPS) is 11.7. The Balaban J connectivity index is 2.99. The molecule has 0 bridgehead atoms. The Morgan fingerprint density at radius 2 is 2.12 bits per heavy atom. The average molecular weight is 231 g/mol. The molecule has 4 nitrogen and oxygen atoms in total. The van der Waals surface area contributed by atoms with Crippen LogP contribution < -0.4 is 5.73 Å². The zero-order valence-electron chi connectivity index (χ0n) is 8.18. The Hall–Kier alpha value is -2.30. The number of nitriles is 2. The van der Waals surface area contributed by atoms with Gasteiger partial charge in [0.1, 0.15) is 17.8 Å². The summed E-state index contributed by atoms with van der Waals surface area (Å²) in [7, 11) is 0. The molecule has 0 fully saturated rings. The maximum Gasteiger partial charge on any atom is 0.174 e. The van der Waals surface area contributed by atoms with Gasteiger partial charge in [-0.2, -0.15) is 10.5 Å². The maximum absolute atomic E-state index is 8.68. The highest BCUT2D eigenvalue weighted by Gasteiger charge is 1.98. The largest absolute Gasteiger partial charge is 0.388 e. The van der Waals surface area contributed by atoms with Gasteiger partial charge in [0, 0.05) is 11.2 Å². The molecule has 0 spiro atoms. The fourth-order valence-corrected chi connectivity index (χ4v) is 1.14. The molecule has 0 aliphatic rings. The molecule has 0 atom stereocenters. The molecule has 0 aliphatic carbocycles. The third-order valence-electron chi connectivity index (χ3n) is 1.67. The first kappa shape index (κ1) is 11.8. The van der Waals surface area contributed by atoms with Crippen LogP contribution >= 0.6 is 11.6 Å². The smallest absolute Gasteiger partial charge is 0.174 e. The third kappa shape index (κ3) is 3.13. The topological polar surface area (TPSA) is 86.0 Å². The van der Waals surface area contributed by atoms with Gasteiger partial charge in [-0.25, -0.2) is 4.99 Å². The highest BCUT2D eigenvalue weighted by atomic mass is 35.5. The molecule has 0 aromatic heterocycles. The van der Waals surface area contributed by atoms with Crippen molar-refractivity contribution in [2.24, 2.45) is 10.7 Å². The summed E-state index contributed by atoms with van der Waals surface area (Å²) < 4.78 is 0. The Morgan fingerprint density at radius 1 is 1.38 bits per heavy atom. The van der Waals surface area contributed by atoms with E-state index in [4.69, 9.17) is 27.9 Å². The van der Waals surface area contributed by atoms with E-state index in [1.807, 2.05) is 0 Å². The van der Waals surface area contributed by atoms with Crippen molar-refractivity contribution in [3.8, 4) is 12.1 Å². The summed E-state index contributed by atoms with van der Waals surface area (Å²) in [4.78, 5) is 3.81. The number of nitrogens with zero attached hydrogens (tertiary/aromatic N) is 3. The zero-order chi connectivity index (χ0) is 12.0. The Labute approximate surface area is 97.9 Å². The van der Waals surface area contributed by atoms with Crippen LogP contribution in [0.1, 0.15) is 5.56 Å². The first-order chi connectivity index (χ1) is 7.67. The van der Waals surface area contributed by atoms with Crippen LogP contribution in [0.5, 0.6) is 0 Å². The third-order valence-corrected chi connectivity index (χ3v) is 1.91. The summed E-state index contributed by atoms with van der Waals surface area (Å²) in [6.07, 6.45) is 1.43. The number of benzene rings is 1. The van der Waals surface area contributed by atoms with Gasteiger partial charge in [-0.05, 0) is 17.7 Å². The Morgan fingerprint density at radius 3 is 2.69 bits per heavy atom. The average Bonchev–Trinajstić information content (AvgIpc) is 2.29. The Kier molecular flexibility index (Phi) is 4.08. The molecule has 78 valence electrons. The van der Waals surface area contributed by atoms with E-state index in [-0.39, 0.29) is 11.4 Å². The summed E-state index contributed by atoms with van der Waals surface area (Å²) in [6, 6.07) is 10.3. The fraction of sp³-hybridized carbons (Fsp3) is 0. The van der Waals surface area contributed by atoms with Gasteiger partial charge in [-0.1, -0.05) is 23.7 Å². The summed E-state index contributed by atoms with van der Waals surface area (Å²) in [5.41, 5.74) is 5.69. The number of hydrogen-bond acceptors (Lipinski definition) is 4. The highest BCUT2D eigenvalue weighted by molar-refractivity contribution is 6.30. The van der Waals surface area contributed by atoms with Crippen molar-refractivity contribution in [2.45, 2.75) is 0 Å². The van der Waals surface area contributed by atoms with Crippen LogP contribution in [0, 0.1) is 22.7 Å². The molecule has 0 unspecified atom stereocenters. The van der Waals surface area contributed by atoms with Gasteiger partial charge in [-0.15, -0.1) is 0 Å². The number of hydrogen-bond donors (Lipinski definition) is 1. The number of aliphatic imine (C=N–C) groups is 1. The monoisotopic (exact) mass is 230 g/mol. The van der Waals surface area contributed by atoms with E-state index in [1.165, 1.54) is 6.21 Å². The minimum atomic E-state index is -0.208. The SMILES string of the molecule is N#C/C(N)=C(/C#N)N=Cc1cccc(Cl)c1. The van der Waals surface area contributed by atoms with Gasteiger partial charge >= 0.3 is 0 Å². The zero-order valence-corrected chi connectivity index (χ0v) is 8.94. The van der Waals surface area contributed by atoms with E-state index in [0.29, 0.717) is 5.02 Å². The van der Waals surface area contributed by atoms with Crippen LogP contribution in [0.2, 0.25) is 5.02 Å². The lowest BCUT2D eigenvalue weighted by Crippen LogP contribution is -1.97. The summed E-state index contributed by atoms with van der Waals surface area (Å²) in [5.74, 6) is 0. The first-order valence-corrected chi connectivity index (χ1v) is 4.64. The van der Waals surface area contributed by atoms with Gasteiger partial charge in [0.25, 0.3) is 0 Å². The molecule has 0 radical (unpaired) electrons. The van der Waals surface area contributed by atoms with E-state index in [9.17, 15) is 0 Å². The van der Waals surface area contributed by atoms with Crippen molar-refractivity contribution in [2.75, 3.05) is 0 Å².